The Kier molecular flexibility index (Phi) is 10.0. The molecule has 34 heavy (non-hydrogen) atoms. The third-order valence-corrected chi connectivity index (χ3v) is 5.31. The zero-order chi connectivity index (χ0) is 25.5. The Bertz CT molecular complexity index is 979. The Morgan fingerprint density at radius 2 is 1.26 bits per heavy atom. The molecule has 186 valence electrons. The maximum Gasteiger partial charge on any atom is 0.190 e. The molecule has 0 fully saturated rings. The van der Waals surface area contributed by atoms with Crippen molar-refractivity contribution < 1.29 is 42.0 Å². The number of aliphatic hydroxyl groups excluding tert-OH is 2. The predicted molar refractivity (Wildman–Crippen MR) is 118 cm³/mol. The highest BCUT2D eigenvalue weighted by Crippen LogP contribution is 2.37. The summed E-state index contributed by atoms with van der Waals surface area (Å²) in [6, 6.07) is 3.93. The van der Waals surface area contributed by atoms with E-state index in [1.54, 1.807) is 0 Å². The third kappa shape index (κ3) is 7.00. The zero-order valence-electron chi connectivity index (χ0n) is 18.6. The van der Waals surface area contributed by atoms with E-state index in [0.717, 1.165) is 24.3 Å². The molecule has 0 aliphatic heterocycles. The van der Waals surface area contributed by atoms with E-state index in [9.17, 15) is 27.8 Å². The Hall–Kier alpha value is -2.51. The summed E-state index contributed by atoms with van der Waals surface area (Å²) < 4.78 is 73.3. The van der Waals surface area contributed by atoms with Crippen LogP contribution >= 0.6 is 11.6 Å². The summed E-state index contributed by atoms with van der Waals surface area (Å²) in [5.41, 5.74) is -1.06. The first kappa shape index (κ1) is 27.7. The Balaban J connectivity index is 2.24. The van der Waals surface area contributed by atoms with Crippen molar-refractivity contribution in [2.24, 2.45) is 0 Å². The van der Waals surface area contributed by atoms with Crippen molar-refractivity contribution >= 4 is 11.6 Å². The van der Waals surface area contributed by atoms with Crippen molar-refractivity contribution in [3.05, 3.63) is 58.7 Å². The molecule has 0 saturated heterocycles. The van der Waals surface area contributed by atoms with Gasteiger partial charge in [-0.3, -0.25) is 0 Å². The van der Waals surface area contributed by atoms with Crippen molar-refractivity contribution in [2.75, 3.05) is 32.3 Å². The Morgan fingerprint density at radius 1 is 0.853 bits per heavy atom. The minimum Gasteiger partial charge on any atom is -0.485 e. The van der Waals surface area contributed by atoms with Gasteiger partial charge >= 0.3 is 0 Å². The lowest BCUT2D eigenvalue weighted by atomic mass is 9.78. The first-order valence-corrected chi connectivity index (χ1v) is 10.7. The van der Waals surface area contributed by atoms with Crippen molar-refractivity contribution in [2.45, 2.75) is 31.5 Å². The number of halogens is 5. The second kappa shape index (κ2) is 12.3. The van der Waals surface area contributed by atoms with Crippen LogP contribution in [0.2, 0.25) is 0 Å². The monoisotopic (exact) mass is 504 g/mol. The number of aliphatic hydroxyl groups is 2. The van der Waals surface area contributed by atoms with Gasteiger partial charge < -0.3 is 24.4 Å². The number of terminal acetylenes is 1. The van der Waals surface area contributed by atoms with Crippen LogP contribution in [0.3, 0.4) is 0 Å². The highest BCUT2D eigenvalue weighted by molar-refractivity contribution is 6.18. The molecule has 0 spiro atoms. The average molecular weight is 505 g/mol. The van der Waals surface area contributed by atoms with Gasteiger partial charge in [-0.25, -0.2) is 17.6 Å². The normalized spacial score (nSPS) is 13.3. The summed E-state index contributed by atoms with van der Waals surface area (Å²) in [5, 5.41) is 19.2. The number of rotatable bonds is 12. The van der Waals surface area contributed by atoms with Crippen LogP contribution < -0.4 is 9.47 Å². The second-order valence-corrected chi connectivity index (χ2v) is 8.27. The Labute approximate surface area is 200 Å². The summed E-state index contributed by atoms with van der Waals surface area (Å²) in [6.45, 7) is 1.98. The predicted octanol–water partition coefficient (Wildman–Crippen LogP) is 3.94. The van der Waals surface area contributed by atoms with Gasteiger partial charge in [0, 0.05) is 5.41 Å². The smallest absolute Gasteiger partial charge is 0.190 e. The molecule has 2 aromatic carbocycles. The number of ether oxygens (including phenoxy) is 3. The minimum atomic E-state index is -1.22. The number of benzene rings is 2. The molecule has 0 aromatic heterocycles. The molecule has 2 rings (SSSR count). The van der Waals surface area contributed by atoms with Gasteiger partial charge in [0.15, 0.2) is 34.8 Å². The van der Waals surface area contributed by atoms with E-state index >= 15 is 0 Å². The van der Waals surface area contributed by atoms with E-state index < -0.39 is 65.6 Å². The highest BCUT2D eigenvalue weighted by atomic mass is 35.5. The minimum absolute atomic E-state index is 0.0345. The van der Waals surface area contributed by atoms with Gasteiger partial charge in [0.05, 0.1) is 12.5 Å². The Morgan fingerprint density at radius 3 is 1.65 bits per heavy atom. The molecule has 10 heteroatoms. The van der Waals surface area contributed by atoms with Crippen molar-refractivity contribution in [3.63, 3.8) is 0 Å². The maximum absolute atomic E-state index is 14.6. The van der Waals surface area contributed by atoms with E-state index in [1.165, 1.54) is 13.8 Å². The van der Waals surface area contributed by atoms with Crippen molar-refractivity contribution in [1.29, 1.82) is 0 Å². The molecule has 2 N–H and O–H groups in total. The van der Waals surface area contributed by atoms with Crippen LogP contribution in [0, 0.1) is 35.6 Å². The van der Waals surface area contributed by atoms with Crippen molar-refractivity contribution in [1.82, 2.24) is 0 Å². The quantitative estimate of drug-likeness (QED) is 0.198. The first-order chi connectivity index (χ1) is 16.0. The average Bonchev–Trinajstić information content (AvgIpc) is 2.77. The van der Waals surface area contributed by atoms with E-state index in [2.05, 4.69) is 5.92 Å². The number of alkyl halides is 1. The summed E-state index contributed by atoms with van der Waals surface area (Å²) in [7, 11) is 0. The third-order valence-electron chi connectivity index (χ3n) is 4.95. The molecule has 0 radical (unpaired) electrons. The molecule has 2 aromatic rings. The number of hydrogen-bond acceptors (Lipinski definition) is 5. The largest absolute Gasteiger partial charge is 0.485 e. The van der Waals surface area contributed by atoms with E-state index in [4.69, 9.17) is 32.2 Å². The van der Waals surface area contributed by atoms with Crippen LogP contribution in [0.15, 0.2) is 24.3 Å². The van der Waals surface area contributed by atoms with E-state index in [-0.39, 0.29) is 30.2 Å². The van der Waals surface area contributed by atoms with Crippen LogP contribution in [0.4, 0.5) is 17.6 Å². The van der Waals surface area contributed by atoms with E-state index in [0.29, 0.717) is 0 Å². The van der Waals surface area contributed by atoms with Gasteiger partial charge in [-0.1, -0.05) is 19.8 Å². The fourth-order valence-electron chi connectivity index (χ4n) is 2.99. The molecule has 2 unspecified atom stereocenters. The standard InChI is InChI=1S/C24H25ClF4O5/c1-4-5-32-11-17(31)13-34-23-20(28)8-15(9-21(23)29)24(2,3)14-6-18(26)22(19(27)7-14)33-12-16(30)10-25/h1,6-9,16-17,30-31H,5,10-13H2,2-3H3. The second-order valence-electron chi connectivity index (χ2n) is 7.97. The first-order valence-electron chi connectivity index (χ1n) is 10.2. The van der Waals surface area contributed by atoms with Gasteiger partial charge in [0.2, 0.25) is 0 Å². The highest BCUT2D eigenvalue weighted by Gasteiger charge is 2.29. The molecule has 0 aliphatic carbocycles. The van der Waals surface area contributed by atoms with E-state index in [1.807, 2.05) is 0 Å². The van der Waals surface area contributed by atoms with Crippen LogP contribution in [0.5, 0.6) is 11.5 Å². The molecule has 0 bridgehead atoms. The number of hydrogen-bond donors (Lipinski definition) is 2. The van der Waals surface area contributed by atoms with Gasteiger partial charge in [0.25, 0.3) is 0 Å². The molecule has 0 aliphatic rings. The van der Waals surface area contributed by atoms with Crippen LogP contribution in [-0.4, -0.2) is 54.7 Å². The maximum atomic E-state index is 14.6. The molecule has 5 nitrogen and oxygen atoms in total. The molecule has 0 heterocycles. The molecule has 2 atom stereocenters. The van der Waals surface area contributed by atoms with Gasteiger partial charge in [-0.15, -0.1) is 18.0 Å². The molecular weight excluding hydrogens is 480 g/mol. The molecule has 0 saturated carbocycles. The van der Waals surface area contributed by atoms with Crippen LogP contribution in [0.1, 0.15) is 25.0 Å². The van der Waals surface area contributed by atoms with Crippen LogP contribution in [0.25, 0.3) is 0 Å². The fourth-order valence-corrected chi connectivity index (χ4v) is 3.08. The molecular formula is C24H25ClF4O5. The van der Waals surface area contributed by atoms with Gasteiger partial charge in [-0.05, 0) is 35.4 Å². The lowest BCUT2D eigenvalue weighted by Gasteiger charge is -2.27. The summed E-state index contributed by atoms with van der Waals surface area (Å²) >= 11 is 5.44. The zero-order valence-corrected chi connectivity index (χ0v) is 19.3. The topological polar surface area (TPSA) is 68.2 Å². The van der Waals surface area contributed by atoms with Gasteiger partial charge in [0.1, 0.15) is 32.0 Å². The van der Waals surface area contributed by atoms with Gasteiger partial charge in [-0.2, -0.15) is 0 Å². The lowest BCUT2D eigenvalue weighted by Crippen LogP contribution is -2.25. The molecule has 0 amide bonds. The summed E-state index contributed by atoms with van der Waals surface area (Å²) in [6.07, 6.45) is 2.74. The fraction of sp³-hybridized carbons (Fsp3) is 0.417. The summed E-state index contributed by atoms with van der Waals surface area (Å²) in [4.78, 5) is 0. The van der Waals surface area contributed by atoms with Crippen molar-refractivity contribution in [3.8, 4) is 23.8 Å². The summed E-state index contributed by atoms with van der Waals surface area (Å²) in [5.74, 6) is -3.60. The lowest BCUT2D eigenvalue weighted by molar-refractivity contribution is 0.0211. The SMILES string of the molecule is C#CCOCC(O)COc1c(F)cc(C(C)(C)c2cc(F)c(OCC(O)CCl)c(F)c2)cc1F. The van der Waals surface area contributed by atoms with Crippen LogP contribution in [-0.2, 0) is 10.2 Å².